The highest BCUT2D eigenvalue weighted by molar-refractivity contribution is 4.84. The van der Waals surface area contributed by atoms with Gasteiger partial charge in [-0.1, -0.05) is 0 Å². The third-order valence-electron chi connectivity index (χ3n) is 1.96. The molecule has 0 radical (unpaired) electrons. The number of hydrogen-bond donors (Lipinski definition) is 1. The van der Waals surface area contributed by atoms with E-state index in [-0.39, 0.29) is 0 Å². The third kappa shape index (κ3) is 1.69. The Balaban J connectivity index is 2.24. The van der Waals surface area contributed by atoms with Crippen molar-refractivity contribution in [1.29, 1.82) is 5.26 Å². The minimum Gasteiger partial charge on any atom is -0.328 e. The fourth-order valence-corrected chi connectivity index (χ4v) is 1.43. The second-order valence-corrected chi connectivity index (χ2v) is 2.80. The number of hydrogen-bond acceptors (Lipinski definition) is 2. The first-order valence-corrected chi connectivity index (χ1v) is 3.45. The fraction of sp³-hybridized carbons (Fsp3) is 0.857. The van der Waals surface area contributed by atoms with Crippen LogP contribution in [-0.4, -0.2) is 6.04 Å². The molecule has 0 saturated heterocycles. The normalized spacial score (nSPS) is 34.2. The Kier molecular flexibility index (Phi) is 2.07. The average molecular weight is 124 g/mol. The number of rotatable bonds is 1. The van der Waals surface area contributed by atoms with Crippen molar-refractivity contribution >= 4 is 0 Å². The molecule has 0 heterocycles. The van der Waals surface area contributed by atoms with E-state index in [1.807, 2.05) is 0 Å². The van der Waals surface area contributed by atoms with Crippen molar-refractivity contribution in [1.82, 2.24) is 0 Å². The highest BCUT2D eigenvalue weighted by Gasteiger charge is 2.20. The van der Waals surface area contributed by atoms with Crippen LogP contribution in [0.15, 0.2) is 0 Å². The predicted octanol–water partition coefficient (Wildman–Crippen LogP) is 1.03. The lowest BCUT2D eigenvalue weighted by atomic mass is 10.1. The molecule has 2 atom stereocenters. The smallest absolute Gasteiger partial charge is 0.0624 e. The van der Waals surface area contributed by atoms with Gasteiger partial charge in [-0.3, -0.25) is 0 Å². The summed E-state index contributed by atoms with van der Waals surface area (Å²) < 4.78 is 0. The first-order valence-electron chi connectivity index (χ1n) is 3.45. The van der Waals surface area contributed by atoms with Crippen LogP contribution in [0.1, 0.15) is 25.7 Å². The van der Waals surface area contributed by atoms with Gasteiger partial charge in [-0.25, -0.2) is 0 Å². The van der Waals surface area contributed by atoms with Gasteiger partial charge in [0, 0.05) is 12.5 Å². The minimum atomic E-state index is 0.378. The van der Waals surface area contributed by atoms with Crippen LogP contribution in [0, 0.1) is 17.2 Å². The standard InChI is InChI=1S/C7H12N2/c8-4-3-6-1-2-7(9)5-6/h6-7H,1-3,5,9H2/t6-,7-/m1/s1. The molecular formula is C7H12N2. The molecule has 1 rings (SSSR count). The Morgan fingerprint density at radius 2 is 2.33 bits per heavy atom. The molecule has 0 unspecified atom stereocenters. The molecule has 1 fully saturated rings. The lowest BCUT2D eigenvalue weighted by molar-refractivity contribution is 0.551. The summed E-state index contributed by atoms with van der Waals surface area (Å²) in [5.41, 5.74) is 5.65. The summed E-state index contributed by atoms with van der Waals surface area (Å²) in [6.07, 6.45) is 4.04. The van der Waals surface area contributed by atoms with Gasteiger partial charge < -0.3 is 5.73 Å². The average Bonchev–Trinajstić information content (AvgIpc) is 2.17. The summed E-state index contributed by atoms with van der Waals surface area (Å²) in [5.74, 6) is 0.602. The van der Waals surface area contributed by atoms with Crippen molar-refractivity contribution in [2.75, 3.05) is 0 Å². The van der Waals surface area contributed by atoms with Crippen molar-refractivity contribution in [2.24, 2.45) is 11.7 Å². The van der Waals surface area contributed by atoms with E-state index >= 15 is 0 Å². The van der Waals surface area contributed by atoms with Gasteiger partial charge in [0.25, 0.3) is 0 Å². The minimum absolute atomic E-state index is 0.378. The summed E-state index contributed by atoms with van der Waals surface area (Å²) in [7, 11) is 0. The van der Waals surface area contributed by atoms with Crippen molar-refractivity contribution in [3.63, 3.8) is 0 Å². The second-order valence-electron chi connectivity index (χ2n) is 2.80. The van der Waals surface area contributed by atoms with Crippen LogP contribution in [0.3, 0.4) is 0 Å². The summed E-state index contributed by atoms with van der Waals surface area (Å²) in [5, 5.41) is 8.32. The van der Waals surface area contributed by atoms with E-state index in [0.29, 0.717) is 18.4 Å². The van der Waals surface area contributed by atoms with E-state index in [1.165, 1.54) is 0 Å². The monoisotopic (exact) mass is 124 g/mol. The van der Waals surface area contributed by atoms with Gasteiger partial charge >= 0.3 is 0 Å². The molecule has 2 heteroatoms. The predicted molar refractivity (Wildman–Crippen MR) is 35.5 cm³/mol. The molecular weight excluding hydrogens is 112 g/mol. The van der Waals surface area contributed by atoms with Gasteiger partial charge in [0.15, 0.2) is 0 Å². The summed E-state index contributed by atoms with van der Waals surface area (Å²) in [4.78, 5) is 0. The summed E-state index contributed by atoms with van der Waals surface area (Å²) in [6, 6.07) is 2.55. The van der Waals surface area contributed by atoms with E-state index in [4.69, 9.17) is 11.0 Å². The van der Waals surface area contributed by atoms with E-state index in [9.17, 15) is 0 Å². The van der Waals surface area contributed by atoms with Crippen LogP contribution in [0.5, 0.6) is 0 Å². The Bertz CT molecular complexity index is 125. The molecule has 0 aliphatic heterocycles. The molecule has 50 valence electrons. The Morgan fingerprint density at radius 1 is 1.56 bits per heavy atom. The second kappa shape index (κ2) is 2.84. The number of nitrogens with two attached hydrogens (primary N) is 1. The highest BCUT2D eigenvalue weighted by atomic mass is 14.6. The van der Waals surface area contributed by atoms with Crippen LogP contribution in [0.2, 0.25) is 0 Å². The van der Waals surface area contributed by atoms with Crippen molar-refractivity contribution in [2.45, 2.75) is 31.7 Å². The first-order chi connectivity index (χ1) is 4.33. The van der Waals surface area contributed by atoms with Crippen molar-refractivity contribution in [3.8, 4) is 6.07 Å². The van der Waals surface area contributed by atoms with E-state index < -0.39 is 0 Å². The third-order valence-corrected chi connectivity index (χ3v) is 1.96. The van der Waals surface area contributed by atoms with Gasteiger partial charge in [-0.2, -0.15) is 5.26 Å². The molecule has 0 spiro atoms. The molecule has 1 saturated carbocycles. The zero-order valence-corrected chi connectivity index (χ0v) is 5.51. The van der Waals surface area contributed by atoms with Gasteiger partial charge in [0.1, 0.15) is 0 Å². The van der Waals surface area contributed by atoms with Crippen LogP contribution in [0.4, 0.5) is 0 Å². The van der Waals surface area contributed by atoms with Gasteiger partial charge in [-0.15, -0.1) is 0 Å². The van der Waals surface area contributed by atoms with Crippen molar-refractivity contribution in [3.05, 3.63) is 0 Å². The molecule has 0 aromatic rings. The number of nitrogens with zero attached hydrogens (tertiary/aromatic N) is 1. The summed E-state index contributed by atoms with van der Waals surface area (Å²) >= 11 is 0. The van der Waals surface area contributed by atoms with Crippen molar-refractivity contribution < 1.29 is 0 Å². The maximum atomic E-state index is 8.32. The van der Waals surface area contributed by atoms with Crippen LogP contribution >= 0.6 is 0 Å². The maximum absolute atomic E-state index is 8.32. The molecule has 2 N–H and O–H groups in total. The topological polar surface area (TPSA) is 49.8 Å². The number of nitriles is 1. The Hall–Kier alpha value is -0.550. The first kappa shape index (κ1) is 6.57. The zero-order chi connectivity index (χ0) is 6.69. The van der Waals surface area contributed by atoms with Gasteiger partial charge in [0.2, 0.25) is 0 Å². The van der Waals surface area contributed by atoms with E-state index in [1.54, 1.807) is 0 Å². The Labute approximate surface area is 55.7 Å². The molecule has 9 heavy (non-hydrogen) atoms. The molecule has 0 bridgehead atoms. The Morgan fingerprint density at radius 3 is 2.78 bits per heavy atom. The van der Waals surface area contributed by atoms with E-state index in [0.717, 1.165) is 19.3 Å². The van der Waals surface area contributed by atoms with Gasteiger partial charge in [-0.05, 0) is 25.2 Å². The molecule has 1 aliphatic carbocycles. The zero-order valence-electron chi connectivity index (χ0n) is 5.51. The molecule has 2 nitrogen and oxygen atoms in total. The maximum Gasteiger partial charge on any atom is 0.0624 e. The van der Waals surface area contributed by atoms with Crippen LogP contribution < -0.4 is 5.73 Å². The van der Waals surface area contributed by atoms with Crippen LogP contribution in [0.25, 0.3) is 0 Å². The summed E-state index contributed by atoms with van der Waals surface area (Å²) in [6.45, 7) is 0. The van der Waals surface area contributed by atoms with Gasteiger partial charge in [0.05, 0.1) is 6.07 Å². The largest absolute Gasteiger partial charge is 0.328 e. The van der Waals surface area contributed by atoms with Crippen LogP contribution in [-0.2, 0) is 0 Å². The lowest BCUT2D eigenvalue weighted by Crippen LogP contribution is -2.14. The molecule has 0 amide bonds. The highest BCUT2D eigenvalue weighted by Crippen LogP contribution is 2.26. The van der Waals surface area contributed by atoms with E-state index in [2.05, 4.69) is 6.07 Å². The SMILES string of the molecule is N#CC[C@H]1CC[C@@H](N)C1. The fourth-order valence-electron chi connectivity index (χ4n) is 1.43. The molecule has 0 aromatic heterocycles. The quantitative estimate of drug-likeness (QED) is 0.567. The lowest BCUT2D eigenvalue weighted by Gasteiger charge is -2.00. The molecule has 0 aromatic carbocycles. The molecule has 1 aliphatic rings.